The monoisotopic (exact) mass is 300 g/mol. The highest BCUT2D eigenvalue weighted by Crippen LogP contribution is 2.20. The van der Waals surface area contributed by atoms with Crippen LogP contribution >= 0.6 is 0 Å². The minimum absolute atomic E-state index is 0.295. The first-order valence-electron chi connectivity index (χ1n) is 7.53. The Morgan fingerprint density at radius 1 is 1.27 bits per heavy atom. The Labute approximate surface area is 129 Å². The second-order valence-corrected chi connectivity index (χ2v) is 5.49. The third-order valence-electron chi connectivity index (χ3n) is 3.73. The lowest BCUT2D eigenvalue weighted by Crippen LogP contribution is -2.28. The number of nitrogens with zero attached hydrogens (tertiary/aromatic N) is 2. The molecule has 0 atom stereocenters. The first-order chi connectivity index (χ1) is 10.7. The normalized spacial score (nSPS) is 14.1. The van der Waals surface area contributed by atoms with Gasteiger partial charge in [0.1, 0.15) is 5.76 Å². The molecular formula is C16H20N4O2. The zero-order valence-electron chi connectivity index (χ0n) is 12.6. The van der Waals surface area contributed by atoms with Crippen molar-refractivity contribution < 1.29 is 9.32 Å². The summed E-state index contributed by atoms with van der Waals surface area (Å²) >= 11 is 0. The summed E-state index contributed by atoms with van der Waals surface area (Å²) in [5.41, 5.74) is 2.32. The third kappa shape index (κ3) is 3.58. The van der Waals surface area contributed by atoms with E-state index in [-0.39, 0.29) is 6.03 Å². The molecule has 1 aromatic heterocycles. The van der Waals surface area contributed by atoms with E-state index in [4.69, 9.17) is 4.52 Å². The molecule has 1 saturated heterocycles. The van der Waals surface area contributed by atoms with Gasteiger partial charge in [0, 0.05) is 31.4 Å². The van der Waals surface area contributed by atoms with Gasteiger partial charge in [0.15, 0.2) is 5.82 Å². The van der Waals surface area contributed by atoms with E-state index in [1.54, 1.807) is 13.0 Å². The van der Waals surface area contributed by atoms with Gasteiger partial charge in [0.25, 0.3) is 0 Å². The second-order valence-electron chi connectivity index (χ2n) is 5.49. The lowest BCUT2D eigenvalue weighted by atomic mass is 10.2. The summed E-state index contributed by atoms with van der Waals surface area (Å²) in [4.78, 5) is 14.1. The maximum atomic E-state index is 11.8. The van der Waals surface area contributed by atoms with Gasteiger partial charge < -0.3 is 14.7 Å². The molecule has 6 heteroatoms. The zero-order valence-corrected chi connectivity index (χ0v) is 12.6. The molecule has 0 saturated carbocycles. The Morgan fingerprint density at radius 3 is 2.64 bits per heavy atom. The summed E-state index contributed by atoms with van der Waals surface area (Å²) in [5.74, 6) is 1.08. The van der Waals surface area contributed by atoms with Crippen LogP contribution in [0.2, 0.25) is 0 Å². The van der Waals surface area contributed by atoms with Crippen LogP contribution in [0.15, 0.2) is 34.9 Å². The van der Waals surface area contributed by atoms with Crippen LogP contribution in [-0.4, -0.2) is 24.3 Å². The van der Waals surface area contributed by atoms with E-state index in [2.05, 4.69) is 32.8 Å². The van der Waals surface area contributed by atoms with E-state index >= 15 is 0 Å². The van der Waals surface area contributed by atoms with E-state index in [1.165, 1.54) is 18.5 Å². The topological polar surface area (TPSA) is 70.4 Å². The van der Waals surface area contributed by atoms with Crippen molar-refractivity contribution in [2.24, 2.45) is 0 Å². The lowest BCUT2D eigenvalue weighted by Gasteiger charge is -2.17. The van der Waals surface area contributed by atoms with Crippen LogP contribution < -0.4 is 15.5 Å². The van der Waals surface area contributed by atoms with Gasteiger partial charge in [-0.1, -0.05) is 17.3 Å². The second kappa shape index (κ2) is 6.51. The van der Waals surface area contributed by atoms with Crippen molar-refractivity contribution in [1.29, 1.82) is 0 Å². The van der Waals surface area contributed by atoms with Gasteiger partial charge in [-0.2, -0.15) is 0 Å². The van der Waals surface area contributed by atoms with Crippen LogP contribution in [-0.2, 0) is 6.54 Å². The summed E-state index contributed by atoms with van der Waals surface area (Å²) < 4.78 is 4.89. The Balaban J connectivity index is 1.49. The summed E-state index contributed by atoms with van der Waals surface area (Å²) in [6.07, 6.45) is 2.54. The molecule has 0 spiro atoms. The van der Waals surface area contributed by atoms with E-state index in [1.807, 2.05) is 12.1 Å². The lowest BCUT2D eigenvalue weighted by molar-refractivity contribution is 0.251. The Kier molecular flexibility index (Phi) is 4.27. The fourth-order valence-electron chi connectivity index (χ4n) is 2.57. The van der Waals surface area contributed by atoms with Crippen LogP contribution in [0.4, 0.5) is 16.3 Å². The number of carbonyl (C=O) groups is 1. The van der Waals surface area contributed by atoms with Crippen LogP contribution in [0.1, 0.15) is 24.2 Å². The van der Waals surface area contributed by atoms with Crippen molar-refractivity contribution in [3.05, 3.63) is 41.7 Å². The Hall–Kier alpha value is -2.50. The van der Waals surface area contributed by atoms with Crippen molar-refractivity contribution in [1.82, 2.24) is 10.5 Å². The van der Waals surface area contributed by atoms with E-state index in [0.29, 0.717) is 18.1 Å². The number of nitrogens with one attached hydrogen (secondary N) is 2. The Morgan fingerprint density at radius 2 is 2.00 bits per heavy atom. The van der Waals surface area contributed by atoms with Crippen LogP contribution in [0, 0.1) is 6.92 Å². The number of aryl methyl sites for hydroxylation is 1. The number of hydrogen-bond donors (Lipinski definition) is 2. The molecule has 0 bridgehead atoms. The predicted octanol–water partition coefficient (Wildman–Crippen LogP) is 2.90. The van der Waals surface area contributed by atoms with Gasteiger partial charge in [-0.15, -0.1) is 0 Å². The summed E-state index contributed by atoms with van der Waals surface area (Å²) in [6.45, 7) is 4.52. The minimum atomic E-state index is -0.295. The molecule has 22 heavy (non-hydrogen) atoms. The van der Waals surface area contributed by atoms with Crippen molar-refractivity contribution in [2.45, 2.75) is 26.3 Å². The third-order valence-corrected chi connectivity index (χ3v) is 3.73. The molecule has 1 aliphatic heterocycles. The number of aromatic nitrogens is 1. The maximum Gasteiger partial charge on any atom is 0.320 e. The van der Waals surface area contributed by atoms with Gasteiger partial charge in [0.2, 0.25) is 0 Å². The van der Waals surface area contributed by atoms with E-state index in [9.17, 15) is 4.79 Å². The van der Waals surface area contributed by atoms with Gasteiger partial charge >= 0.3 is 6.03 Å². The van der Waals surface area contributed by atoms with Gasteiger partial charge in [-0.3, -0.25) is 5.32 Å². The number of urea groups is 1. The van der Waals surface area contributed by atoms with Crippen LogP contribution in [0.25, 0.3) is 0 Å². The first-order valence-corrected chi connectivity index (χ1v) is 7.53. The quantitative estimate of drug-likeness (QED) is 0.911. The molecular weight excluding hydrogens is 280 g/mol. The molecule has 2 aromatic rings. The first kappa shape index (κ1) is 14.4. The molecule has 3 rings (SSSR count). The van der Waals surface area contributed by atoms with Crippen molar-refractivity contribution in [3.8, 4) is 0 Å². The molecule has 0 unspecified atom stereocenters. The number of rotatable bonds is 4. The molecule has 1 aromatic carbocycles. The molecule has 1 fully saturated rings. The highest BCUT2D eigenvalue weighted by molar-refractivity contribution is 5.88. The zero-order chi connectivity index (χ0) is 15.4. The largest absolute Gasteiger partial charge is 0.372 e. The van der Waals surface area contributed by atoms with Crippen molar-refractivity contribution in [3.63, 3.8) is 0 Å². The number of amides is 2. The predicted molar refractivity (Wildman–Crippen MR) is 85.0 cm³/mol. The molecule has 0 radical (unpaired) electrons. The molecule has 2 N–H and O–H groups in total. The molecule has 1 aliphatic rings. The number of carbonyl (C=O) groups excluding carboxylic acids is 1. The fourth-order valence-corrected chi connectivity index (χ4v) is 2.57. The highest BCUT2D eigenvalue weighted by atomic mass is 16.5. The Bertz CT molecular complexity index is 630. The van der Waals surface area contributed by atoms with Crippen LogP contribution in [0.3, 0.4) is 0 Å². The SMILES string of the molecule is Cc1cc(NC(=O)NCc2ccc(N3CCCC3)cc2)no1. The summed E-state index contributed by atoms with van der Waals surface area (Å²) in [5, 5.41) is 9.14. The van der Waals surface area contributed by atoms with Crippen molar-refractivity contribution >= 4 is 17.5 Å². The van der Waals surface area contributed by atoms with Gasteiger partial charge in [-0.25, -0.2) is 4.79 Å². The number of benzene rings is 1. The number of hydrogen-bond acceptors (Lipinski definition) is 4. The van der Waals surface area contributed by atoms with E-state index in [0.717, 1.165) is 18.7 Å². The molecule has 116 valence electrons. The van der Waals surface area contributed by atoms with Crippen molar-refractivity contribution in [2.75, 3.05) is 23.3 Å². The average Bonchev–Trinajstić information content (AvgIpc) is 3.18. The molecule has 0 aliphatic carbocycles. The number of anilines is 2. The van der Waals surface area contributed by atoms with Crippen LogP contribution in [0.5, 0.6) is 0 Å². The smallest absolute Gasteiger partial charge is 0.320 e. The van der Waals surface area contributed by atoms with E-state index < -0.39 is 0 Å². The van der Waals surface area contributed by atoms with Gasteiger partial charge in [0.05, 0.1) is 0 Å². The summed E-state index contributed by atoms with van der Waals surface area (Å²) in [7, 11) is 0. The standard InChI is InChI=1S/C16H20N4O2/c1-12-10-15(19-22-12)18-16(21)17-11-13-4-6-14(7-5-13)20-8-2-3-9-20/h4-7,10H,2-3,8-9,11H2,1H3,(H2,17,18,19,21). The molecule has 2 amide bonds. The minimum Gasteiger partial charge on any atom is -0.372 e. The highest BCUT2D eigenvalue weighted by Gasteiger charge is 2.12. The molecule has 2 heterocycles. The summed E-state index contributed by atoms with van der Waals surface area (Å²) in [6, 6.07) is 9.70. The average molecular weight is 300 g/mol. The fraction of sp³-hybridized carbons (Fsp3) is 0.375. The van der Waals surface area contributed by atoms with Gasteiger partial charge in [-0.05, 0) is 37.5 Å². The maximum absolute atomic E-state index is 11.8. The molecule has 6 nitrogen and oxygen atoms in total.